The van der Waals surface area contributed by atoms with E-state index in [9.17, 15) is 0 Å². The van der Waals surface area contributed by atoms with Gasteiger partial charge in [-0.15, -0.1) is 0 Å². The molecule has 4 heteroatoms. The molecule has 0 aliphatic carbocycles. The summed E-state index contributed by atoms with van der Waals surface area (Å²) in [5.41, 5.74) is 5.84. The molecule has 0 saturated heterocycles. The SMILES string of the molecule is [C-]#[N+]C(C)(C)c1cc2c3c([n+](C)cnc3c1)-c1c(c(C(C)C)c3ccccc3c1C)O2. The Kier molecular flexibility index (Phi) is 4.10. The summed E-state index contributed by atoms with van der Waals surface area (Å²) in [4.78, 5) is 8.53. The van der Waals surface area contributed by atoms with Gasteiger partial charge >= 0.3 is 0 Å². The fourth-order valence-corrected chi connectivity index (χ4v) is 4.80. The first-order valence-corrected chi connectivity index (χ1v) is 10.7. The highest BCUT2D eigenvalue weighted by Crippen LogP contribution is 2.52. The Hall–Kier alpha value is -3.45. The minimum Gasteiger partial charge on any atom is -0.455 e. The zero-order valence-electron chi connectivity index (χ0n) is 18.9. The predicted octanol–water partition coefficient (Wildman–Crippen LogP) is 6.57. The van der Waals surface area contributed by atoms with Crippen molar-refractivity contribution in [3.05, 3.63) is 70.8 Å². The molecule has 0 fully saturated rings. The predicted molar refractivity (Wildman–Crippen MR) is 124 cm³/mol. The molecule has 1 aliphatic heterocycles. The van der Waals surface area contributed by atoms with Crippen molar-refractivity contribution in [2.24, 2.45) is 7.05 Å². The van der Waals surface area contributed by atoms with Gasteiger partial charge in [0.1, 0.15) is 16.9 Å². The number of hydrogen-bond acceptors (Lipinski definition) is 2. The molecule has 0 spiro atoms. The van der Waals surface area contributed by atoms with E-state index in [1.165, 1.54) is 21.9 Å². The van der Waals surface area contributed by atoms with Crippen LogP contribution in [0, 0.1) is 13.5 Å². The van der Waals surface area contributed by atoms with Crippen LogP contribution < -0.4 is 9.30 Å². The van der Waals surface area contributed by atoms with Gasteiger partial charge in [0.15, 0.2) is 11.2 Å². The molecule has 0 amide bonds. The second-order valence-corrected chi connectivity index (χ2v) is 9.29. The first-order chi connectivity index (χ1) is 14.7. The number of nitrogens with zero attached hydrogens (tertiary/aromatic N) is 3. The second kappa shape index (κ2) is 6.52. The summed E-state index contributed by atoms with van der Waals surface area (Å²) >= 11 is 0. The van der Waals surface area contributed by atoms with Crippen molar-refractivity contribution in [1.29, 1.82) is 0 Å². The largest absolute Gasteiger partial charge is 0.455 e. The third kappa shape index (κ3) is 2.66. The van der Waals surface area contributed by atoms with E-state index >= 15 is 0 Å². The van der Waals surface area contributed by atoms with Crippen molar-refractivity contribution in [2.45, 2.75) is 46.1 Å². The van der Waals surface area contributed by atoms with Gasteiger partial charge in [0.2, 0.25) is 0 Å². The van der Waals surface area contributed by atoms with Gasteiger partial charge < -0.3 is 9.58 Å². The van der Waals surface area contributed by atoms with E-state index in [1.54, 1.807) is 0 Å². The van der Waals surface area contributed by atoms with Gasteiger partial charge in [0, 0.05) is 31.0 Å². The summed E-state index contributed by atoms with van der Waals surface area (Å²) in [5.74, 6) is 2.01. The van der Waals surface area contributed by atoms with E-state index in [2.05, 4.69) is 54.4 Å². The number of hydrogen-bond donors (Lipinski definition) is 0. The van der Waals surface area contributed by atoms with Crippen LogP contribution in [0.5, 0.6) is 11.5 Å². The van der Waals surface area contributed by atoms with E-state index < -0.39 is 5.54 Å². The van der Waals surface area contributed by atoms with Gasteiger partial charge in [-0.3, -0.25) is 0 Å². The molecule has 5 rings (SSSR count). The topological polar surface area (TPSA) is 30.4 Å². The van der Waals surface area contributed by atoms with Crippen molar-refractivity contribution < 1.29 is 9.30 Å². The van der Waals surface area contributed by atoms with Gasteiger partial charge in [0.05, 0.1) is 12.6 Å². The molecular weight excluding hydrogens is 382 g/mol. The maximum atomic E-state index is 7.65. The van der Waals surface area contributed by atoms with E-state index in [4.69, 9.17) is 16.3 Å². The summed E-state index contributed by atoms with van der Waals surface area (Å²) in [5, 5.41) is 3.51. The second-order valence-electron chi connectivity index (χ2n) is 9.29. The molecule has 0 radical (unpaired) electrons. The molecule has 0 unspecified atom stereocenters. The smallest absolute Gasteiger partial charge is 0.287 e. The molecule has 0 atom stereocenters. The maximum Gasteiger partial charge on any atom is 0.287 e. The van der Waals surface area contributed by atoms with Crippen LogP contribution in [0.4, 0.5) is 0 Å². The van der Waals surface area contributed by atoms with Crippen molar-refractivity contribution in [3.8, 4) is 22.8 Å². The third-order valence-corrected chi connectivity index (χ3v) is 6.52. The first-order valence-electron chi connectivity index (χ1n) is 10.7. The fourth-order valence-electron chi connectivity index (χ4n) is 4.80. The molecule has 1 aliphatic rings. The summed E-state index contributed by atoms with van der Waals surface area (Å²) in [6.45, 7) is 18.1. The highest BCUT2D eigenvalue weighted by atomic mass is 16.5. The van der Waals surface area contributed by atoms with E-state index in [0.717, 1.165) is 39.2 Å². The molecule has 4 nitrogen and oxygen atoms in total. The Morgan fingerprint density at radius 3 is 2.52 bits per heavy atom. The molecule has 31 heavy (non-hydrogen) atoms. The Morgan fingerprint density at radius 2 is 1.84 bits per heavy atom. The highest BCUT2D eigenvalue weighted by molar-refractivity contribution is 6.06. The zero-order valence-corrected chi connectivity index (χ0v) is 18.9. The molecule has 1 aromatic heterocycles. The zero-order chi connectivity index (χ0) is 22.1. The highest BCUT2D eigenvalue weighted by Gasteiger charge is 2.35. The lowest BCUT2D eigenvalue weighted by molar-refractivity contribution is -0.662. The van der Waals surface area contributed by atoms with E-state index in [0.29, 0.717) is 5.92 Å². The summed E-state index contributed by atoms with van der Waals surface area (Å²) in [7, 11) is 2.04. The Balaban J connectivity index is 1.98. The first kappa shape index (κ1) is 19.5. The van der Waals surface area contributed by atoms with Gasteiger partial charge in [-0.2, -0.15) is 0 Å². The molecule has 2 heterocycles. The molecule has 0 N–H and O–H groups in total. The molecule has 0 saturated carbocycles. The van der Waals surface area contributed by atoms with Gasteiger partial charge in [-0.1, -0.05) is 38.1 Å². The Bertz CT molecular complexity index is 1440. The number of fused-ring (bicyclic) bond motifs is 3. The van der Waals surface area contributed by atoms with Gasteiger partial charge in [0.25, 0.3) is 11.9 Å². The van der Waals surface area contributed by atoms with Gasteiger partial charge in [-0.05, 0) is 40.2 Å². The van der Waals surface area contributed by atoms with Gasteiger partial charge in [-0.25, -0.2) is 11.1 Å². The lowest BCUT2D eigenvalue weighted by atomic mass is 9.85. The Labute approximate surface area is 182 Å². The van der Waals surface area contributed by atoms with Crippen LogP contribution in [0.25, 0.3) is 37.8 Å². The van der Waals surface area contributed by atoms with Crippen LogP contribution in [0.1, 0.15) is 50.3 Å². The summed E-state index contributed by atoms with van der Waals surface area (Å²) in [6, 6.07) is 12.7. The normalized spacial score (nSPS) is 12.7. The van der Waals surface area contributed by atoms with Crippen LogP contribution in [0.15, 0.2) is 42.7 Å². The number of rotatable bonds is 2. The number of aryl methyl sites for hydroxylation is 2. The average Bonchev–Trinajstić information content (AvgIpc) is 2.75. The van der Waals surface area contributed by atoms with Crippen LogP contribution in [0.3, 0.4) is 0 Å². The number of benzene rings is 3. The maximum absolute atomic E-state index is 7.65. The van der Waals surface area contributed by atoms with Crippen LogP contribution in [-0.2, 0) is 12.6 Å². The fraction of sp³-hybridized carbons (Fsp3) is 0.296. The summed E-state index contributed by atoms with van der Waals surface area (Å²) in [6.07, 6.45) is 1.87. The lowest BCUT2D eigenvalue weighted by Gasteiger charge is -2.27. The number of aromatic nitrogens is 2. The van der Waals surface area contributed by atoms with E-state index in [-0.39, 0.29) is 0 Å². The van der Waals surface area contributed by atoms with Crippen molar-refractivity contribution in [2.75, 3.05) is 0 Å². The molecule has 154 valence electrons. The molecular formula is C27H26N3O+. The van der Waals surface area contributed by atoms with Crippen molar-refractivity contribution in [3.63, 3.8) is 0 Å². The average molecular weight is 409 g/mol. The van der Waals surface area contributed by atoms with Crippen LogP contribution in [0.2, 0.25) is 0 Å². The lowest BCUT2D eigenvalue weighted by Crippen LogP contribution is -2.33. The van der Waals surface area contributed by atoms with E-state index in [1.807, 2.05) is 39.4 Å². The van der Waals surface area contributed by atoms with Crippen molar-refractivity contribution in [1.82, 2.24) is 4.98 Å². The van der Waals surface area contributed by atoms with Crippen LogP contribution >= 0.6 is 0 Å². The standard InChI is InChI=1S/C27H26N3O/c1-15(2)22-19-11-9-8-10-18(19)16(3)23-25-24-20(29-14-30(25)7)12-17(27(4,5)28-6)13-21(24)31-26(22)23/h8-15H,1-5,7H3/q+1. The quantitative estimate of drug-likeness (QED) is 0.244. The molecule has 3 aromatic carbocycles. The molecule has 4 aromatic rings. The monoisotopic (exact) mass is 408 g/mol. The minimum atomic E-state index is -0.644. The third-order valence-electron chi connectivity index (χ3n) is 6.52. The molecule has 0 bridgehead atoms. The summed E-state index contributed by atoms with van der Waals surface area (Å²) < 4.78 is 8.81. The Morgan fingerprint density at radius 1 is 1.13 bits per heavy atom. The number of ether oxygens (including phenoxy) is 1. The van der Waals surface area contributed by atoms with Crippen LogP contribution in [-0.4, -0.2) is 4.98 Å². The minimum absolute atomic E-state index is 0.297. The van der Waals surface area contributed by atoms with Crippen molar-refractivity contribution >= 4 is 21.7 Å².